The molecule has 3 aromatic rings. The highest BCUT2D eigenvalue weighted by atomic mass is 35.5. The van der Waals surface area contributed by atoms with Crippen molar-refractivity contribution in [2.45, 2.75) is 32.5 Å². The zero-order valence-corrected chi connectivity index (χ0v) is 19.0. The molecule has 0 aliphatic carbocycles. The lowest BCUT2D eigenvalue weighted by Crippen LogP contribution is -2.43. The number of nitrogens with one attached hydrogen (secondary N) is 1. The van der Waals surface area contributed by atoms with Gasteiger partial charge in [-0.25, -0.2) is 0 Å². The highest BCUT2D eigenvalue weighted by molar-refractivity contribution is 6.30. The van der Waals surface area contributed by atoms with Crippen LogP contribution in [-0.4, -0.2) is 23.5 Å². The van der Waals surface area contributed by atoms with E-state index in [9.17, 15) is 9.59 Å². The van der Waals surface area contributed by atoms with Gasteiger partial charge in [-0.3, -0.25) is 9.59 Å². The highest BCUT2D eigenvalue weighted by Crippen LogP contribution is 2.32. The maximum atomic E-state index is 13.5. The first-order valence-electron chi connectivity index (χ1n) is 10.8. The van der Waals surface area contributed by atoms with Crippen molar-refractivity contribution in [1.29, 1.82) is 0 Å². The number of fused-ring (bicyclic) bond motifs is 1. The van der Waals surface area contributed by atoms with Gasteiger partial charge < -0.3 is 19.7 Å². The van der Waals surface area contributed by atoms with Gasteiger partial charge in [0, 0.05) is 24.5 Å². The molecule has 170 valence electrons. The van der Waals surface area contributed by atoms with Crippen LogP contribution in [0.25, 0.3) is 0 Å². The van der Waals surface area contributed by atoms with Crippen molar-refractivity contribution in [2.24, 2.45) is 0 Å². The van der Waals surface area contributed by atoms with Crippen molar-refractivity contribution in [3.8, 4) is 11.5 Å². The van der Waals surface area contributed by atoms with Crippen molar-refractivity contribution in [3.05, 3.63) is 94.5 Å². The Morgan fingerprint density at radius 3 is 2.39 bits per heavy atom. The average molecular weight is 465 g/mol. The van der Waals surface area contributed by atoms with Crippen LogP contribution in [0.3, 0.4) is 0 Å². The van der Waals surface area contributed by atoms with Gasteiger partial charge in [-0.1, -0.05) is 67.1 Å². The van der Waals surface area contributed by atoms with Crippen LogP contribution >= 0.6 is 11.6 Å². The molecule has 2 amide bonds. The van der Waals surface area contributed by atoms with E-state index in [0.717, 1.165) is 16.7 Å². The van der Waals surface area contributed by atoms with Gasteiger partial charge in [0.05, 0.1) is 0 Å². The minimum absolute atomic E-state index is 0.114. The molecule has 7 heteroatoms. The summed E-state index contributed by atoms with van der Waals surface area (Å²) in [7, 11) is 0. The zero-order chi connectivity index (χ0) is 23.2. The largest absolute Gasteiger partial charge is 0.454 e. The van der Waals surface area contributed by atoms with Crippen LogP contribution in [0.4, 0.5) is 0 Å². The van der Waals surface area contributed by atoms with Gasteiger partial charge in [0.1, 0.15) is 6.04 Å². The summed E-state index contributed by atoms with van der Waals surface area (Å²) in [4.78, 5) is 28.1. The number of amides is 2. The van der Waals surface area contributed by atoms with Gasteiger partial charge in [-0.05, 0) is 41.0 Å². The first-order valence-corrected chi connectivity index (χ1v) is 11.2. The summed E-state index contributed by atoms with van der Waals surface area (Å²) < 4.78 is 10.8. The fourth-order valence-electron chi connectivity index (χ4n) is 3.76. The molecule has 4 rings (SSSR count). The Balaban J connectivity index is 1.58. The van der Waals surface area contributed by atoms with Crippen LogP contribution < -0.4 is 14.8 Å². The van der Waals surface area contributed by atoms with Crippen molar-refractivity contribution in [1.82, 2.24) is 10.2 Å². The maximum absolute atomic E-state index is 13.5. The molecule has 0 bridgehead atoms. The Hall–Kier alpha value is -3.51. The molecule has 3 aromatic carbocycles. The molecule has 0 spiro atoms. The Morgan fingerprint density at radius 2 is 1.67 bits per heavy atom. The third-order valence-corrected chi connectivity index (χ3v) is 5.72. The molecule has 0 saturated heterocycles. The number of rotatable bonds is 8. The van der Waals surface area contributed by atoms with Gasteiger partial charge in [0.2, 0.25) is 18.6 Å². The fourth-order valence-corrected chi connectivity index (χ4v) is 3.88. The Morgan fingerprint density at radius 1 is 0.970 bits per heavy atom. The molecule has 1 atom stereocenters. The van der Waals surface area contributed by atoms with E-state index in [1.165, 1.54) is 0 Å². The van der Waals surface area contributed by atoms with Crippen LogP contribution in [0, 0.1) is 0 Å². The molecule has 0 aromatic heterocycles. The standard InChI is InChI=1S/C26H25ClN2O4/c1-2-24(30)29(16-18-8-11-21(27)12-9-18)25(20-6-4-3-5-7-20)26(31)28-15-19-10-13-22-23(14-19)33-17-32-22/h3-14,25H,2,15-17H2,1H3,(H,28,31)/t25-/m0/s1. The van der Waals surface area contributed by atoms with Crippen LogP contribution in [0.15, 0.2) is 72.8 Å². The van der Waals surface area contributed by atoms with E-state index in [0.29, 0.717) is 29.6 Å². The predicted octanol–water partition coefficient (Wildman–Crippen LogP) is 4.87. The zero-order valence-electron chi connectivity index (χ0n) is 18.3. The first-order chi connectivity index (χ1) is 16.0. The summed E-state index contributed by atoms with van der Waals surface area (Å²) in [5.74, 6) is 0.980. The fraction of sp³-hybridized carbons (Fsp3) is 0.231. The van der Waals surface area contributed by atoms with E-state index < -0.39 is 6.04 Å². The van der Waals surface area contributed by atoms with Crippen molar-refractivity contribution in [2.75, 3.05) is 6.79 Å². The van der Waals surface area contributed by atoms with E-state index >= 15 is 0 Å². The molecular formula is C26H25ClN2O4. The van der Waals surface area contributed by atoms with Gasteiger partial charge >= 0.3 is 0 Å². The van der Waals surface area contributed by atoms with Crippen molar-refractivity contribution < 1.29 is 19.1 Å². The molecule has 33 heavy (non-hydrogen) atoms. The molecule has 0 fully saturated rings. The number of benzene rings is 3. The molecule has 0 radical (unpaired) electrons. The Bertz CT molecular complexity index is 1120. The monoisotopic (exact) mass is 464 g/mol. The van der Waals surface area contributed by atoms with Crippen molar-refractivity contribution in [3.63, 3.8) is 0 Å². The number of hydrogen-bond donors (Lipinski definition) is 1. The summed E-state index contributed by atoms with van der Waals surface area (Å²) >= 11 is 6.02. The minimum Gasteiger partial charge on any atom is -0.454 e. The van der Waals surface area contributed by atoms with Crippen LogP contribution in [-0.2, 0) is 22.7 Å². The summed E-state index contributed by atoms with van der Waals surface area (Å²) in [6.45, 7) is 2.58. The van der Waals surface area contributed by atoms with Gasteiger partial charge in [-0.15, -0.1) is 0 Å². The number of nitrogens with zero attached hydrogens (tertiary/aromatic N) is 1. The average Bonchev–Trinajstić information content (AvgIpc) is 3.32. The topological polar surface area (TPSA) is 67.9 Å². The molecule has 1 heterocycles. The van der Waals surface area contributed by atoms with E-state index in [2.05, 4.69) is 5.32 Å². The number of carbonyl (C=O) groups is 2. The lowest BCUT2D eigenvalue weighted by atomic mass is 10.0. The van der Waals surface area contributed by atoms with E-state index in [1.54, 1.807) is 24.0 Å². The van der Waals surface area contributed by atoms with E-state index in [1.807, 2.05) is 60.7 Å². The predicted molar refractivity (Wildman–Crippen MR) is 126 cm³/mol. The molecule has 0 unspecified atom stereocenters. The molecule has 1 N–H and O–H groups in total. The lowest BCUT2D eigenvalue weighted by Gasteiger charge is -2.31. The quantitative estimate of drug-likeness (QED) is 0.516. The second kappa shape index (κ2) is 10.4. The molecule has 1 aliphatic rings. The first kappa shape index (κ1) is 22.7. The summed E-state index contributed by atoms with van der Waals surface area (Å²) in [6, 6.07) is 21.4. The summed E-state index contributed by atoms with van der Waals surface area (Å²) in [6.07, 6.45) is 0.284. The normalized spacial score (nSPS) is 12.8. The Kier molecular flexibility index (Phi) is 7.15. The number of carbonyl (C=O) groups excluding carboxylic acids is 2. The second-order valence-corrected chi connectivity index (χ2v) is 8.16. The molecule has 1 aliphatic heterocycles. The number of ether oxygens (including phenoxy) is 2. The number of halogens is 1. The van der Waals surface area contributed by atoms with Gasteiger partial charge in [0.15, 0.2) is 11.5 Å². The summed E-state index contributed by atoms with van der Waals surface area (Å²) in [5, 5.41) is 3.61. The lowest BCUT2D eigenvalue weighted by molar-refractivity contribution is -0.141. The van der Waals surface area contributed by atoms with Gasteiger partial charge in [-0.2, -0.15) is 0 Å². The number of hydrogen-bond acceptors (Lipinski definition) is 4. The molecule has 0 saturated carbocycles. The SMILES string of the molecule is CCC(=O)N(Cc1ccc(Cl)cc1)[C@H](C(=O)NCc1ccc2c(c1)OCO2)c1ccccc1. The minimum atomic E-state index is -0.775. The maximum Gasteiger partial charge on any atom is 0.247 e. The van der Waals surface area contributed by atoms with E-state index in [4.69, 9.17) is 21.1 Å². The van der Waals surface area contributed by atoms with Gasteiger partial charge in [0.25, 0.3) is 0 Å². The molecular weight excluding hydrogens is 440 g/mol. The third-order valence-electron chi connectivity index (χ3n) is 5.47. The van der Waals surface area contributed by atoms with E-state index in [-0.39, 0.29) is 25.0 Å². The molecule has 6 nitrogen and oxygen atoms in total. The third kappa shape index (κ3) is 5.46. The van der Waals surface area contributed by atoms with Crippen LogP contribution in [0.5, 0.6) is 11.5 Å². The summed E-state index contributed by atoms with van der Waals surface area (Å²) in [5.41, 5.74) is 2.52. The second-order valence-electron chi connectivity index (χ2n) is 7.72. The Labute approximate surface area is 198 Å². The van der Waals surface area contributed by atoms with Crippen LogP contribution in [0.1, 0.15) is 36.1 Å². The highest BCUT2D eigenvalue weighted by Gasteiger charge is 2.30. The smallest absolute Gasteiger partial charge is 0.247 e. The van der Waals surface area contributed by atoms with Crippen molar-refractivity contribution >= 4 is 23.4 Å². The van der Waals surface area contributed by atoms with Crippen LogP contribution in [0.2, 0.25) is 5.02 Å².